The minimum Gasteiger partial charge on any atom is -0.207 e. The highest BCUT2D eigenvalue weighted by molar-refractivity contribution is 5.69. The molecule has 2 rings (SSSR count). The van der Waals surface area contributed by atoms with E-state index in [0.29, 0.717) is 5.56 Å². The van der Waals surface area contributed by atoms with Gasteiger partial charge in [-0.3, -0.25) is 0 Å². The van der Waals surface area contributed by atoms with Gasteiger partial charge in [0, 0.05) is 0 Å². The Hall–Kier alpha value is -1.89. The molecule has 0 unspecified atom stereocenters. The molecule has 1 heteroatoms. The fourth-order valence-electron chi connectivity index (χ4n) is 2.06. The Labute approximate surface area is 108 Å². The maximum Gasteiger partial charge on any atom is 0.126 e. The van der Waals surface area contributed by atoms with Crippen LogP contribution in [0.15, 0.2) is 43.0 Å². The Morgan fingerprint density at radius 2 is 1.78 bits per heavy atom. The third-order valence-electron chi connectivity index (χ3n) is 3.25. The van der Waals surface area contributed by atoms with Crippen LogP contribution in [0.4, 0.5) is 4.39 Å². The topological polar surface area (TPSA) is 0 Å². The van der Waals surface area contributed by atoms with Crippen LogP contribution in [0.1, 0.15) is 23.6 Å². The van der Waals surface area contributed by atoms with Gasteiger partial charge in [0.25, 0.3) is 0 Å². The van der Waals surface area contributed by atoms with Crippen molar-refractivity contribution in [1.29, 1.82) is 0 Å². The second-order valence-corrected chi connectivity index (χ2v) is 4.44. The summed E-state index contributed by atoms with van der Waals surface area (Å²) >= 11 is 0. The lowest BCUT2D eigenvalue weighted by Crippen LogP contribution is -1.89. The molecule has 0 N–H and O–H groups in total. The van der Waals surface area contributed by atoms with E-state index in [1.807, 2.05) is 24.3 Å². The van der Waals surface area contributed by atoms with Gasteiger partial charge < -0.3 is 0 Å². The first kappa shape index (κ1) is 12.6. The van der Waals surface area contributed by atoms with E-state index in [0.717, 1.165) is 23.1 Å². The molecule has 2 aromatic carbocycles. The molecule has 0 atom stereocenters. The largest absolute Gasteiger partial charge is 0.207 e. The lowest BCUT2D eigenvalue weighted by atomic mass is 9.97. The van der Waals surface area contributed by atoms with Crippen LogP contribution in [0.5, 0.6) is 0 Å². The summed E-state index contributed by atoms with van der Waals surface area (Å²) in [7, 11) is 0. The van der Waals surface area contributed by atoms with Crippen molar-refractivity contribution < 1.29 is 4.39 Å². The van der Waals surface area contributed by atoms with E-state index < -0.39 is 0 Å². The summed E-state index contributed by atoms with van der Waals surface area (Å²) in [5.74, 6) is -0.160. The van der Waals surface area contributed by atoms with Gasteiger partial charge in [0.15, 0.2) is 0 Å². The zero-order valence-corrected chi connectivity index (χ0v) is 10.8. The number of benzene rings is 2. The van der Waals surface area contributed by atoms with E-state index in [9.17, 15) is 4.39 Å². The number of hydrogen-bond donors (Lipinski definition) is 0. The minimum atomic E-state index is -0.160. The molecule has 0 fully saturated rings. The zero-order valence-electron chi connectivity index (χ0n) is 10.8. The van der Waals surface area contributed by atoms with Crippen molar-refractivity contribution in [1.82, 2.24) is 0 Å². The molecule has 0 aliphatic heterocycles. The molecule has 0 radical (unpaired) electrons. The lowest BCUT2D eigenvalue weighted by molar-refractivity contribution is 0.619. The molecule has 0 amide bonds. The van der Waals surface area contributed by atoms with Gasteiger partial charge in [-0.2, -0.15) is 0 Å². The zero-order chi connectivity index (χ0) is 13.1. The van der Waals surface area contributed by atoms with Crippen LogP contribution in [0, 0.1) is 12.7 Å². The second-order valence-electron chi connectivity index (χ2n) is 4.44. The average molecular weight is 240 g/mol. The van der Waals surface area contributed by atoms with Crippen LogP contribution in [0.3, 0.4) is 0 Å². The van der Waals surface area contributed by atoms with Gasteiger partial charge in [-0.25, -0.2) is 4.39 Å². The van der Waals surface area contributed by atoms with Gasteiger partial charge >= 0.3 is 0 Å². The molecule has 92 valence electrons. The first-order chi connectivity index (χ1) is 8.65. The van der Waals surface area contributed by atoms with Gasteiger partial charge in [-0.05, 0) is 53.3 Å². The molecule has 0 aliphatic carbocycles. The normalized spacial score (nSPS) is 10.4. The van der Waals surface area contributed by atoms with Crippen LogP contribution in [-0.2, 0) is 6.42 Å². The molecule has 0 aromatic heterocycles. The van der Waals surface area contributed by atoms with Gasteiger partial charge in [-0.15, -0.1) is 0 Å². The van der Waals surface area contributed by atoms with E-state index in [-0.39, 0.29) is 5.82 Å². The molecule has 2 aromatic rings. The molecule has 0 nitrogen and oxygen atoms in total. The van der Waals surface area contributed by atoms with Crippen molar-refractivity contribution in [3.05, 3.63) is 65.5 Å². The molecule has 0 saturated heterocycles. The highest BCUT2D eigenvalue weighted by atomic mass is 19.1. The van der Waals surface area contributed by atoms with Crippen molar-refractivity contribution in [3.8, 4) is 11.1 Å². The quantitative estimate of drug-likeness (QED) is 0.707. The Morgan fingerprint density at radius 3 is 2.39 bits per heavy atom. The van der Waals surface area contributed by atoms with E-state index in [1.54, 1.807) is 13.0 Å². The summed E-state index contributed by atoms with van der Waals surface area (Å²) in [4.78, 5) is 0. The third-order valence-corrected chi connectivity index (χ3v) is 3.25. The van der Waals surface area contributed by atoms with Gasteiger partial charge in [0.2, 0.25) is 0 Å². The van der Waals surface area contributed by atoms with E-state index in [1.165, 1.54) is 5.56 Å². The number of hydrogen-bond acceptors (Lipinski definition) is 0. The van der Waals surface area contributed by atoms with Crippen molar-refractivity contribution in [3.63, 3.8) is 0 Å². The maximum absolute atomic E-state index is 13.6. The van der Waals surface area contributed by atoms with Crippen LogP contribution >= 0.6 is 0 Å². The SMILES string of the molecule is C=Cc1cc(-c2ccc(C)c(F)c2)ccc1CC. The van der Waals surface area contributed by atoms with Crippen LogP contribution < -0.4 is 0 Å². The number of halogens is 1. The lowest BCUT2D eigenvalue weighted by Gasteiger charge is -2.08. The van der Waals surface area contributed by atoms with Crippen molar-refractivity contribution in [2.24, 2.45) is 0 Å². The predicted molar refractivity (Wildman–Crippen MR) is 76.0 cm³/mol. The van der Waals surface area contributed by atoms with Crippen molar-refractivity contribution >= 4 is 6.08 Å². The molecule has 18 heavy (non-hydrogen) atoms. The van der Waals surface area contributed by atoms with Gasteiger partial charge in [-0.1, -0.05) is 43.8 Å². The van der Waals surface area contributed by atoms with Crippen LogP contribution in [-0.4, -0.2) is 0 Å². The highest BCUT2D eigenvalue weighted by Crippen LogP contribution is 2.25. The van der Waals surface area contributed by atoms with E-state index >= 15 is 0 Å². The fraction of sp³-hybridized carbons (Fsp3) is 0.176. The number of rotatable bonds is 3. The standard InChI is InChI=1S/C17H17F/c1-4-13-8-9-15(10-14(13)5-2)16-7-6-12(3)17(18)11-16/h5-11H,2,4H2,1,3H3. The van der Waals surface area contributed by atoms with Crippen LogP contribution in [0.2, 0.25) is 0 Å². The molecular formula is C17H17F. The highest BCUT2D eigenvalue weighted by Gasteiger charge is 2.04. The Bertz CT molecular complexity index is 582. The summed E-state index contributed by atoms with van der Waals surface area (Å²) in [6.07, 6.45) is 2.83. The van der Waals surface area contributed by atoms with E-state index in [2.05, 4.69) is 25.6 Å². The summed E-state index contributed by atoms with van der Waals surface area (Å²) in [5, 5.41) is 0. The smallest absolute Gasteiger partial charge is 0.126 e. The molecular weight excluding hydrogens is 223 g/mol. The Kier molecular flexibility index (Phi) is 3.61. The summed E-state index contributed by atoms with van der Waals surface area (Å²) in [6.45, 7) is 7.72. The third kappa shape index (κ3) is 2.35. The van der Waals surface area contributed by atoms with Crippen LogP contribution in [0.25, 0.3) is 17.2 Å². The Balaban J connectivity index is 2.50. The second kappa shape index (κ2) is 5.18. The molecule has 0 aliphatic rings. The average Bonchev–Trinajstić information content (AvgIpc) is 2.41. The van der Waals surface area contributed by atoms with Gasteiger partial charge in [0.05, 0.1) is 0 Å². The van der Waals surface area contributed by atoms with E-state index in [4.69, 9.17) is 0 Å². The maximum atomic E-state index is 13.6. The summed E-state index contributed by atoms with van der Waals surface area (Å²) < 4.78 is 13.6. The van der Waals surface area contributed by atoms with Crippen molar-refractivity contribution in [2.75, 3.05) is 0 Å². The Morgan fingerprint density at radius 1 is 1.11 bits per heavy atom. The predicted octanol–water partition coefficient (Wildman–Crippen LogP) is 5.01. The van der Waals surface area contributed by atoms with Crippen molar-refractivity contribution in [2.45, 2.75) is 20.3 Å². The summed E-state index contributed by atoms with van der Waals surface area (Å²) in [5.41, 5.74) is 5.00. The molecule has 0 bridgehead atoms. The fourth-order valence-corrected chi connectivity index (χ4v) is 2.06. The first-order valence-electron chi connectivity index (χ1n) is 6.17. The number of aryl methyl sites for hydroxylation is 2. The molecule has 0 saturated carbocycles. The molecule has 0 spiro atoms. The molecule has 0 heterocycles. The summed E-state index contributed by atoms with van der Waals surface area (Å²) in [6, 6.07) is 11.5. The minimum absolute atomic E-state index is 0.160. The van der Waals surface area contributed by atoms with Gasteiger partial charge in [0.1, 0.15) is 5.82 Å². The first-order valence-corrected chi connectivity index (χ1v) is 6.17. The monoisotopic (exact) mass is 240 g/mol.